The Balaban J connectivity index is 1.88. The summed E-state index contributed by atoms with van der Waals surface area (Å²) in [6, 6.07) is 23.0. The van der Waals surface area contributed by atoms with Crippen molar-refractivity contribution in [1.82, 2.24) is 10.2 Å². The number of carbonyl (C=O) groups excluding carboxylic acids is 2. The summed E-state index contributed by atoms with van der Waals surface area (Å²) in [5.74, 6) is -0.00567. The van der Waals surface area contributed by atoms with Crippen molar-refractivity contribution in [2.24, 2.45) is 0 Å². The van der Waals surface area contributed by atoms with Gasteiger partial charge in [-0.25, -0.2) is 8.42 Å². The van der Waals surface area contributed by atoms with Gasteiger partial charge in [0.1, 0.15) is 11.8 Å². The van der Waals surface area contributed by atoms with E-state index in [1.807, 2.05) is 49.4 Å². The summed E-state index contributed by atoms with van der Waals surface area (Å²) in [4.78, 5) is 29.1. The first kappa shape index (κ1) is 33.9. The van der Waals surface area contributed by atoms with Gasteiger partial charge in [-0.15, -0.1) is 0 Å². The fourth-order valence-corrected chi connectivity index (χ4v) is 5.86. The van der Waals surface area contributed by atoms with Gasteiger partial charge in [0.05, 0.1) is 18.6 Å². The Hall–Kier alpha value is -3.56. The molecule has 0 aromatic heterocycles. The highest BCUT2D eigenvalue weighted by atomic mass is 35.5. The highest BCUT2D eigenvalue weighted by Crippen LogP contribution is 2.30. The molecule has 10 heteroatoms. The van der Waals surface area contributed by atoms with E-state index in [0.717, 1.165) is 30.2 Å². The van der Waals surface area contributed by atoms with Crippen LogP contribution in [0.2, 0.25) is 5.02 Å². The molecule has 1 unspecified atom stereocenters. The molecule has 0 aliphatic rings. The van der Waals surface area contributed by atoms with Crippen molar-refractivity contribution in [2.75, 3.05) is 30.3 Å². The number of sulfonamides is 1. The number of benzene rings is 3. The summed E-state index contributed by atoms with van der Waals surface area (Å²) in [6.07, 6.45) is 3.54. The first-order valence-electron chi connectivity index (χ1n) is 14.7. The molecule has 43 heavy (non-hydrogen) atoms. The van der Waals surface area contributed by atoms with E-state index in [4.69, 9.17) is 16.3 Å². The second-order valence-electron chi connectivity index (χ2n) is 10.3. The third kappa shape index (κ3) is 10.6. The standard InChI is InChI=1S/C33H42ClN3O5S/c1-4-6-22-35-33(39)30(24-26-13-8-7-9-14-26)36(25-27-18-20-28(34)21-19-27)32(38)17-12-23-37(43(3,40)41)29-15-10-11-16-31(29)42-5-2/h7-11,13-16,18-21,30H,4-6,12,17,22-25H2,1-3H3,(H,35,39). The molecule has 0 bridgehead atoms. The Morgan fingerprint density at radius 1 is 0.907 bits per heavy atom. The number of carbonyl (C=O) groups is 2. The maximum absolute atomic E-state index is 13.9. The Morgan fingerprint density at radius 3 is 2.23 bits per heavy atom. The van der Waals surface area contributed by atoms with Gasteiger partial charge in [-0.3, -0.25) is 13.9 Å². The number of anilines is 1. The first-order valence-corrected chi connectivity index (χ1v) is 16.9. The molecule has 8 nitrogen and oxygen atoms in total. The van der Waals surface area contributed by atoms with Crippen LogP contribution in [0, 0.1) is 0 Å². The molecule has 0 fully saturated rings. The van der Waals surface area contributed by atoms with Gasteiger partial charge in [0.25, 0.3) is 0 Å². The lowest BCUT2D eigenvalue weighted by atomic mass is 10.0. The first-order chi connectivity index (χ1) is 20.6. The molecule has 3 rings (SSSR count). The number of hydrogen-bond donors (Lipinski definition) is 1. The van der Waals surface area contributed by atoms with Crippen LogP contribution < -0.4 is 14.4 Å². The van der Waals surface area contributed by atoms with Gasteiger partial charge in [0.15, 0.2) is 0 Å². The van der Waals surface area contributed by atoms with E-state index in [2.05, 4.69) is 12.2 Å². The number of unbranched alkanes of at least 4 members (excludes halogenated alkanes) is 1. The number of nitrogens with one attached hydrogen (secondary N) is 1. The molecule has 232 valence electrons. The summed E-state index contributed by atoms with van der Waals surface area (Å²) in [6.45, 7) is 5.07. The van der Waals surface area contributed by atoms with Gasteiger partial charge in [0.2, 0.25) is 21.8 Å². The lowest BCUT2D eigenvalue weighted by Gasteiger charge is -2.32. The zero-order chi connectivity index (χ0) is 31.2. The molecule has 0 spiro atoms. The van der Waals surface area contributed by atoms with Gasteiger partial charge in [0, 0.05) is 37.5 Å². The van der Waals surface area contributed by atoms with Gasteiger partial charge in [-0.1, -0.05) is 79.5 Å². The molecule has 0 aliphatic carbocycles. The van der Waals surface area contributed by atoms with E-state index in [9.17, 15) is 18.0 Å². The van der Waals surface area contributed by atoms with E-state index >= 15 is 0 Å². The van der Waals surface area contributed by atoms with E-state index in [0.29, 0.717) is 36.0 Å². The van der Waals surface area contributed by atoms with Crippen molar-refractivity contribution in [3.05, 3.63) is 95.0 Å². The molecule has 1 atom stereocenters. The summed E-state index contributed by atoms with van der Waals surface area (Å²) >= 11 is 6.11. The topological polar surface area (TPSA) is 96.0 Å². The second kappa shape index (κ2) is 16.9. The summed E-state index contributed by atoms with van der Waals surface area (Å²) in [5, 5.41) is 3.59. The van der Waals surface area contributed by atoms with Crippen molar-refractivity contribution < 1.29 is 22.7 Å². The van der Waals surface area contributed by atoms with Gasteiger partial charge in [-0.2, -0.15) is 0 Å². The Kier molecular flexibility index (Phi) is 13.3. The third-order valence-electron chi connectivity index (χ3n) is 6.95. The largest absolute Gasteiger partial charge is 0.492 e. The Bertz CT molecular complexity index is 1420. The maximum atomic E-state index is 13.9. The molecule has 0 radical (unpaired) electrons. The molecule has 3 aromatic carbocycles. The highest BCUT2D eigenvalue weighted by Gasteiger charge is 2.30. The zero-order valence-corrected chi connectivity index (χ0v) is 26.7. The zero-order valence-electron chi connectivity index (χ0n) is 25.2. The third-order valence-corrected chi connectivity index (χ3v) is 8.38. The van der Waals surface area contributed by atoms with Crippen molar-refractivity contribution in [3.63, 3.8) is 0 Å². The molecule has 3 aromatic rings. The predicted octanol–water partition coefficient (Wildman–Crippen LogP) is 5.84. The van der Waals surface area contributed by atoms with E-state index in [1.165, 1.54) is 4.31 Å². The van der Waals surface area contributed by atoms with Crippen molar-refractivity contribution in [2.45, 2.75) is 58.5 Å². The van der Waals surface area contributed by atoms with E-state index in [-0.39, 0.29) is 37.7 Å². The fraction of sp³-hybridized carbons (Fsp3) is 0.394. The number of ether oxygens (including phenoxy) is 1. The van der Waals surface area contributed by atoms with Crippen LogP contribution in [0.15, 0.2) is 78.9 Å². The average Bonchev–Trinajstić information content (AvgIpc) is 2.98. The summed E-state index contributed by atoms with van der Waals surface area (Å²) in [7, 11) is -3.66. The van der Waals surface area contributed by atoms with Crippen LogP contribution in [-0.2, 0) is 32.6 Å². The molecular formula is C33H42ClN3O5S. The SMILES string of the molecule is CCCCNC(=O)C(Cc1ccccc1)N(Cc1ccc(Cl)cc1)C(=O)CCCN(c1ccccc1OCC)S(C)(=O)=O. The van der Waals surface area contributed by atoms with E-state index in [1.54, 1.807) is 41.3 Å². The number of para-hydroxylation sites is 2. The minimum atomic E-state index is -3.66. The molecule has 1 N–H and O–H groups in total. The van der Waals surface area contributed by atoms with Gasteiger partial charge >= 0.3 is 0 Å². The lowest BCUT2D eigenvalue weighted by molar-refractivity contribution is -0.141. The highest BCUT2D eigenvalue weighted by molar-refractivity contribution is 7.92. The Labute approximate surface area is 261 Å². The monoisotopic (exact) mass is 627 g/mol. The van der Waals surface area contributed by atoms with Gasteiger partial charge < -0.3 is 15.0 Å². The Morgan fingerprint density at radius 2 is 1.58 bits per heavy atom. The molecular weight excluding hydrogens is 586 g/mol. The molecule has 0 saturated carbocycles. The van der Waals surface area contributed by atoms with Crippen molar-refractivity contribution in [1.29, 1.82) is 0 Å². The molecule has 0 heterocycles. The quantitative estimate of drug-likeness (QED) is 0.190. The molecule has 0 aliphatic heterocycles. The minimum absolute atomic E-state index is 0.0456. The van der Waals surface area contributed by atoms with Crippen LogP contribution in [0.5, 0.6) is 5.75 Å². The average molecular weight is 628 g/mol. The van der Waals surface area contributed by atoms with Crippen LogP contribution in [0.25, 0.3) is 0 Å². The predicted molar refractivity (Wildman–Crippen MR) is 173 cm³/mol. The summed E-state index contributed by atoms with van der Waals surface area (Å²) < 4.78 is 32.6. The number of rotatable bonds is 17. The smallest absolute Gasteiger partial charge is 0.243 e. The van der Waals surface area contributed by atoms with E-state index < -0.39 is 16.1 Å². The van der Waals surface area contributed by atoms with Crippen LogP contribution in [0.3, 0.4) is 0 Å². The molecule has 0 saturated heterocycles. The van der Waals surface area contributed by atoms with Crippen LogP contribution in [-0.4, -0.2) is 57.1 Å². The minimum Gasteiger partial charge on any atom is -0.492 e. The molecule has 2 amide bonds. The lowest BCUT2D eigenvalue weighted by Crippen LogP contribution is -2.50. The van der Waals surface area contributed by atoms with Crippen LogP contribution >= 0.6 is 11.6 Å². The maximum Gasteiger partial charge on any atom is 0.243 e. The fourth-order valence-electron chi connectivity index (χ4n) is 4.77. The van der Waals surface area contributed by atoms with Crippen molar-refractivity contribution in [3.8, 4) is 5.75 Å². The van der Waals surface area contributed by atoms with Gasteiger partial charge in [-0.05, 0) is 55.2 Å². The van der Waals surface area contributed by atoms with Crippen molar-refractivity contribution >= 4 is 39.1 Å². The van der Waals surface area contributed by atoms with Crippen LogP contribution in [0.1, 0.15) is 50.7 Å². The number of amides is 2. The number of halogens is 1. The van der Waals surface area contributed by atoms with Crippen LogP contribution in [0.4, 0.5) is 5.69 Å². The second-order valence-corrected chi connectivity index (χ2v) is 12.7. The number of hydrogen-bond acceptors (Lipinski definition) is 5. The number of nitrogens with zero attached hydrogens (tertiary/aromatic N) is 2. The summed E-state index contributed by atoms with van der Waals surface area (Å²) in [5.41, 5.74) is 2.19. The normalized spacial score (nSPS) is 11.9.